The van der Waals surface area contributed by atoms with Crippen LogP contribution in [0.15, 0.2) is 49.3 Å². The highest BCUT2D eigenvalue weighted by Gasteiger charge is 2.40. The van der Waals surface area contributed by atoms with Gasteiger partial charge in [0, 0.05) is 45.0 Å². The van der Waals surface area contributed by atoms with Gasteiger partial charge in [0.2, 0.25) is 0 Å². The SMILES string of the molecule is COCCCn1cnc2c(F)cc(C3CC3c3cnc(-c4ncccn4)nc3)cc21. The molecule has 1 saturated carbocycles. The molecule has 7 nitrogen and oxygen atoms in total. The summed E-state index contributed by atoms with van der Waals surface area (Å²) < 4.78 is 21.8. The zero-order chi connectivity index (χ0) is 20.5. The fourth-order valence-electron chi connectivity index (χ4n) is 3.90. The molecule has 3 heterocycles. The van der Waals surface area contributed by atoms with E-state index in [1.54, 1.807) is 38.0 Å². The summed E-state index contributed by atoms with van der Waals surface area (Å²) in [5.41, 5.74) is 3.30. The molecule has 3 aromatic heterocycles. The second-order valence-electron chi connectivity index (χ2n) is 7.52. The predicted molar refractivity (Wildman–Crippen MR) is 109 cm³/mol. The number of imidazole rings is 1. The van der Waals surface area contributed by atoms with E-state index in [0.717, 1.165) is 36.0 Å². The maximum absolute atomic E-state index is 14.7. The summed E-state index contributed by atoms with van der Waals surface area (Å²) in [6, 6.07) is 5.44. The maximum Gasteiger partial charge on any atom is 0.197 e. The predicted octanol–water partition coefficient (Wildman–Crippen LogP) is 3.73. The van der Waals surface area contributed by atoms with Gasteiger partial charge in [-0.3, -0.25) is 0 Å². The van der Waals surface area contributed by atoms with E-state index < -0.39 is 0 Å². The molecule has 5 rings (SSSR count). The summed E-state index contributed by atoms with van der Waals surface area (Å²) in [4.78, 5) is 21.4. The number of ether oxygens (including phenoxy) is 1. The standard InChI is InChI=1S/C22H21FN6O/c1-30-7-3-6-29-13-28-20-18(23)8-14(9-19(20)29)16-10-17(16)15-11-26-22(27-12-15)21-24-4-2-5-25-21/h2,4-5,8-9,11-13,16-17H,3,6-7,10H2,1H3. The number of halogens is 1. The highest BCUT2D eigenvalue weighted by Crippen LogP contribution is 2.54. The lowest BCUT2D eigenvalue weighted by atomic mass is 10.1. The first-order valence-corrected chi connectivity index (χ1v) is 9.97. The Balaban J connectivity index is 1.36. The lowest BCUT2D eigenvalue weighted by molar-refractivity contribution is 0.190. The monoisotopic (exact) mass is 404 g/mol. The number of benzene rings is 1. The topological polar surface area (TPSA) is 78.6 Å². The highest BCUT2D eigenvalue weighted by atomic mass is 19.1. The van der Waals surface area contributed by atoms with E-state index >= 15 is 0 Å². The van der Waals surface area contributed by atoms with Crippen molar-refractivity contribution in [1.82, 2.24) is 29.5 Å². The van der Waals surface area contributed by atoms with E-state index in [9.17, 15) is 4.39 Å². The third kappa shape index (κ3) is 3.54. The van der Waals surface area contributed by atoms with E-state index in [-0.39, 0.29) is 17.7 Å². The number of aryl methyl sites for hydroxylation is 1. The van der Waals surface area contributed by atoms with Crippen LogP contribution >= 0.6 is 0 Å². The minimum absolute atomic E-state index is 0.258. The molecule has 2 unspecified atom stereocenters. The van der Waals surface area contributed by atoms with E-state index in [2.05, 4.69) is 31.0 Å². The Morgan fingerprint density at radius 2 is 1.73 bits per heavy atom. The highest BCUT2D eigenvalue weighted by molar-refractivity contribution is 5.77. The van der Waals surface area contributed by atoms with Crippen LogP contribution in [0.2, 0.25) is 0 Å². The lowest BCUT2D eigenvalue weighted by Crippen LogP contribution is -2.00. The van der Waals surface area contributed by atoms with Crippen molar-refractivity contribution in [2.75, 3.05) is 13.7 Å². The maximum atomic E-state index is 14.7. The molecule has 30 heavy (non-hydrogen) atoms. The molecule has 0 N–H and O–H groups in total. The zero-order valence-corrected chi connectivity index (χ0v) is 16.6. The quantitative estimate of drug-likeness (QED) is 0.437. The van der Waals surface area contributed by atoms with Gasteiger partial charge >= 0.3 is 0 Å². The van der Waals surface area contributed by atoms with Crippen LogP contribution in [-0.2, 0) is 11.3 Å². The second kappa shape index (κ2) is 7.87. The molecule has 1 aliphatic rings. The largest absolute Gasteiger partial charge is 0.385 e. The number of rotatable bonds is 7. The number of methoxy groups -OCH3 is 1. The van der Waals surface area contributed by atoms with E-state index in [4.69, 9.17) is 4.74 Å². The molecule has 0 spiro atoms. The van der Waals surface area contributed by atoms with E-state index in [0.29, 0.717) is 23.8 Å². The van der Waals surface area contributed by atoms with Gasteiger partial charge in [0.25, 0.3) is 0 Å². The van der Waals surface area contributed by atoms with Crippen LogP contribution in [0, 0.1) is 5.82 Å². The zero-order valence-electron chi connectivity index (χ0n) is 16.6. The second-order valence-corrected chi connectivity index (χ2v) is 7.52. The van der Waals surface area contributed by atoms with Gasteiger partial charge in [0.05, 0.1) is 11.8 Å². The fourth-order valence-corrected chi connectivity index (χ4v) is 3.90. The van der Waals surface area contributed by atoms with Gasteiger partial charge in [0.15, 0.2) is 17.5 Å². The van der Waals surface area contributed by atoms with Crippen LogP contribution in [0.5, 0.6) is 0 Å². The molecule has 0 amide bonds. The van der Waals surface area contributed by atoms with Crippen molar-refractivity contribution in [3.8, 4) is 11.6 Å². The molecule has 8 heteroatoms. The van der Waals surface area contributed by atoms with E-state index in [1.807, 2.05) is 17.0 Å². The first-order valence-electron chi connectivity index (χ1n) is 9.97. The number of aromatic nitrogens is 6. The average molecular weight is 404 g/mol. The Morgan fingerprint density at radius 3 is 2.50 bits per heavy atom. The summed E-state index contributed by atoms with van der Waals surface area (Å²) in [6.45, 7) is 1.41. The molecule has 1 aliphatic carbocycles. The van der Waals surface area contributed by atoms with Gasteiger partial charge in [-0.05, 0) is 54.0 Å². The molecule has 0 radical (unpaired) electrons. The molecule has 152 valence electrons. The summed E-state index contributed by atoms with van der Waals surface area (Å²) in [5, 5.41) is 0. The van der Waals surface area contributed by atoms with Gasteiger partial charge in [-0.1, -0.05) is 0 Å². The van der Waals surface area contributed by atoms with Crippen molar-refractivity contribution in [2.45, 2.75) is 31.2 Å². The average Bonchev–Trinajstić information content (AvgIpc) is 3.49. The number of fused-ring (bicyclic) bond motifs is 1. The number of nitrogens with zero attached hydrogens (tertiary/aromatic N) is 6. The fraction of sp³-hybridized carbons (Fsp3) is 0.318. The first kappa shape index (κ1) is 18.7. The summed E-state index contributed by atoms with van der Waals surface area (Å²) in [5.74, 6) is 1.28. The Labute approximate surface area is 173 Å². The Kier molecular flexibility index (Phi) is 4.92. The molecular weight excluding hydrogens is 383 g/mol. The van der Waals surface area contributed by atoms with E-state index in [1.165, 1.54) is 0 Å². The Bertz CT molecular complexity index is 1160. The van der Waals surface area contributed by atoms with Crippen molar-refractivity contribution in [3.05, 3.63) is 66.3 Å². The van der Waals surface area contributed by atoms with Gasteiger partial charge in [-0.2, -0.15) is 0 Å². The molecule has 0 saturated heterocycles. The summed E-state index contributed by atoms with van der Waals surface area (Å²) in [7, 11) is 1.68. The van der Waals surface area contributed by atoms with Crippen LogP contribution in [0.3, 0.4) is 0 Å². The van der Waals surface area contributed by atoms with Crippen molar-refractivity contribution in [3.63, 3.8) is 0 Å². The Hall–Kier alpha value is -3.26. The number of hydrogen-bond donors (Lipinski definition) is 0. The smallest absolute Gasteiger partial charge is 0.197 e. The van der Waals surface area contributed by atoms with Gasteiger partial charge in [0.1, 0.15) is 5.52 Å². The van der Waals surface area contributed by atoms with Crippen molar-refractivity contribution < 1.29 is 9.13 Å². The minimum Gasteiger partial charge on any atom is -0.385 e. The molecule has 2 atom stereocenters. The van der Waals surface area contributed by atoms with Crippen molar-refractivity contribution in [1.29, 1.82) is 0 Å². The molecule has 1 aromatic carbocycles. The number of hydrogen-bond acceptors (Lipinski definition) is 6. The van der Waals surface area contributed by atoms with Crippen LogP contribution in [-0.4, -0.2) is 43.2 Å². The van der Waals surface area contributed by atoms with Crippen LogP contribution in [0.25, 0.3) is 22.7 Å². The van der Waals surface area contributed by atoms with Crippen molar-refractivity contribution in [2.24, 2.45) is 0 Å². The minimum atomic E-state index is -0.272. The molecule has 0 aliphatic heterocycles. The Morgan fingerprint density at radius 1 is 1.00 bits per heavy atom. The summed E-state index contributed by atoms with van der Waals surface area (Å²) in [6.07, 6.45) is 10.5. The van der Waals surface area contributed by atoms with Gasteiger partial charge in [-0.25, -0.2) is 29.3 Å². The molecule has 0 bridgehead atoms. The van der Waals surface area contributed by atoms with Gasteiger partial charge in [-0.15, -0.1) is 0 Å². The first-order chi connectivity index (χ1) is 14.7. The van der Waals surface area contributed by atoms with Gasteiger partial charge < -0.3 is 9.30 Å². The lowest BCUT2D eigenvalue weighted by Gasteiger charge is -2.07. The van der Waals surface area contributed by atoms with Crippen LogP contribution < -0.4 is 0 Å². The molecule has 1 fully saturated rings. The third-order valence-corrected chi connectivity index (χ3v) is 5.53. The third-order valence-electron chi connectivity index (χ3n) is 5.53. The van der Waals surface area contributed by atoms with Crippen LogP contribution in [0.4, 0.5) is 4.39 Å². The normalized spacial score (nSPS) is 18.1. The summed E-state index contributed by atoms with van der Waals surface area (Å²) >= 11 is 0. The molecule has 4 aromatic rings. The van der Waals surface area contributed by atoms with Crippen LogP contribution in [0.1, 0.15) is 35.8 Å². The molecular formula is C22H21FN6O. The van der Waals surface area contributed by atoms with Crippen molar-refractivity contribution >= 4 is 11.0 Å².